The summed E-state index contributed by atoms with van der Waals surface area (Å²) >= 11 is 1.17. The van der Waals surface area contributed by atoms with Crippen molar-refractivity contribution in [2.24, 2.45) is 5.92 Å². The number of benzene rings is 1. The highest BCUT2D eigenvalue weighted by molar-refractivity contribution is 7.91. The summed E-state index contributed by atoms with van der Waals surface area (Å²) in [5.41, 5.74) is 0.741. The molecular formula is C33H50N4O7S2. The van der Waals surface area contributed by atoms with E-state index in [1.165, 1.54) is 22.1 Å². The summed E-state index contributed by atoms with van der Waals surface area (Å²) in [5, 5.41) is 17.9. The Morgan fingerprint density at radius 3 is 2.57 bits per heavy atom. The van der Waals surface area contributed by atoms with Crippen LogP contribution in [0.4, 0.5) is 10.5 Å². The van der Waals surface area contributed by atoms with Crippen molar-refractivity contribution in [2.45, 2.75) is 101 Å². The minimum atomic E-state index is -3.70. The average Bonchev–Trinajstić information content (AvgIpc) is 3.59. The van der Waals surface area contributed by atoms with Gasteiger partial charge >= 0.3 is 6.03 Å². The standard InChI is InChI=1S/C33H50N4O7S2/c1-23-20-37(24(2)22-38)32(39)28-19-27(35-33(40)34-26-12-6-5-7-13-26)15-16-29(28)44-25(3)11-8-9-17-43-30(23)21-36(4)46(41,42)31-14-10-18-45-31/h10,14-16,18-19,23-26,30,38H,5-9,11-13,17,20-22H2,1-4H3,(H2,34,35,40)/t23-,24+,25-,30-/m0/s1. The maximum absolute atomic E-state index is 14.3. The fourth-order valence-electron chi connectivity index (χ4n) is 5.98. The molecule has 1 saturated carbocycles. The molecule has 3 N–H and O–H groups in total. The number of hydrogen-bond acceptors (Lipinski definition) is 8. The molecule has 46 heavy (non-hydrogen) atoms. The second-order valence-electron chi connectivity index (χ2n) is 12.7. The van der Waals surface area contributed by atoms with Gasteiger partial charge in [-0.3, -0.25) is 4.79 Å². The van der Waals surface area contributed by atoms with Crippen LogP contribution in [0.5, 0.6) is 5.75 Å². The number of sulfonamides is 1. The zero-order chi connectivity index (χ0) is 33.3. The molecule has 11 nitrogen and oxygen atoms in total. The maximum atomic E-state index is 14.3. The van der Waals surface area contributed by atoms with Crippen molar-refractivity contribution in [1.82, 2.24) is 14.5 Å². The lowest BCUT2D eigenvalue weighted by Crippen LogP contribution is -2.48. The number of carbonyl (C=O) groups excluding carboxylic acids is 2. The Morgan fingerprint density at radius 2 is 1.87 bits per heavy atom. The first kappa shape index (κ1) is 36.1. The van der Waals surface area contributed by atoms with E-state index in [2.05, 4.69) is 10.6 Å². The van der Waals surface area contributed by atoms with Gasteiger partial charge in [-0.2, -0.15) is 4.31 Å². The maximum Gasteiger partial charge on any atom is 0.319 e. The number of hydrogen-bond donors (Lipinski definition) is 3. The predicted octanol–water partition coefficient (Wildman–Crippen LogP) is 5.32. The van der Waals surface area contributed by atoms with E-state index in [0.29, 0.717) is 18.0 Å². The molecule has 1 fully saturated rings. The summed E-state index contributed by atoms with van der Waals surface area (Å²) < 4.78 is 40.6. The molecule has 2 heterocycles. The number of nitrogens with zero attached hydrogens (tertiary/aromatic N) is 2. The molecule has 0 bridgehead atoms. The monoisotopic (exact) mass is 678 g/mol. The first-order chi connectivity index (χ1) is 22.0. The van der Waals surface area contributed by atoms with Gasteiger partial charge in [-0.25, -0.2) is 13.2 Å². The minimum Gasteiger partial charge on any atom is -0.490 e. The average molecular weight is 679 g/mol. The van der Waals surface area contributed by atoms with Gasteiger partial charge < -0.3 is 30.1 Å². The van der Waals surface area contributed by atoms with E-state index in [0.717, 1.165) is 44.9 Å². The zero-order valence-electron chi connectivity index (χ0n) is 27.4. The Balaban J connectivity index is 1.60. The highest BCUT2D eigenvalue weighted by Crippen LogP contribution is 2.29. The minimum absolute atomic E-state index is 0.108. The third-order valence-corrected chi connectivity index (χ3v) is 12.0. The molecule has 1 aliphatic heterocycles. The lowest BCUT2D eigenvalue weighted by atomic mass is 9.96. The van der Waals surface area contributed by atoms with E-state index in [-0.39, 0.29) is 59.5 Å². The summed E-state index contributed by atoms with van der Waals surface area (Å²) in [6.45, 7) is 6.12. The van der Waals surface area contributed by atoms with Gasteiger partial charge in [0.05, 0.1) is 30.4 Å². The van der Waals surface area contributed by atoms with Gasteiger partial charge in [-0.05, 0) is 75.6 Å². The Kier molecular flexibility index (Phi) is 13.3. The molecule has 13 heteroatoms. The largest absolute Gasteiger partial charge is 0.490 e. The predicted molar refractivity (Wildman–Crippen MR) is 180 cm³/mol. The molecule has 256 valence electrons. The first-order valence-corrected chi connectivity index (χ1v) is 18.7. The third-order valence-electron chi connectivity index (χ3n) is 8.85. The van der Waals surface area contributed by atoms with Crippen LogP contribution in [-0.2, 0) is 14.8 Å². The van der Waals surface area contributed by atoms with Gasteiger partial charge in [-0.15, -0.1) is 11.3 Å². The Morgan fingerprint density at radius 1 is 1.13 bits per heavy atom. The van der Waals surface area contributed by atoms with E-state index < -0.39 is 22.2 Å². The van der Waals surface area contributed by atoms with Gasteiger partial charge in [0.15, 0.2) is 0 Å². The Labute approximate surface area is 277 Å². The highest BCUT2D eigenvalue weighted by Gasteiger charge is 2.32. The lowest BCUT2D eigenvalue weighted by Gasteiger charge is -2.35. The fourth-order valence-corrected chi connectivity index (χ4v) is 8.36. The fraction of sp³-hybridized carbons (Fsp3) is 0.636. The smallest absolute Gasteiger partial charge is 0.319 e. The Hall–Kier alpha value is -2.71. The number of aliphatic hydroxyl groups is 1. The van der Waals surface area contributed by atoms with Crippen LogP contribution in [0.2, 0.25) is 0 Å². The molecule has 0 saturated heterocycles. The van der Waals surface area contributed by atoms with E-state index in [9.17, 15) is 23.1 Å². The molecule has 4 atom stereocenters. The molecule has 4 rings (SSSR count). The first-order valence-electron chi connectivity index (χ1n) is 16.4. The summed E-state index contributed by atoms with van der Waals surface area (Å²) in [7, 11) is -2.16. The number of thiophene rings is 1. The number of nitrogens with one attached hydrogen (secondary N) is 2. The van der Waals surface area contributed by atoms with Crippen LogP contribution < -0.4 is 15.4 Å². The summed E-state index contributed by atoms with van der Waals surface area (Å²) in [5.74, 6) is -0.236. The normalized spacial score (nSPS) is 23.2. The summed E-state index contributed by atoms with van der Waals surface area (Å²) in [6, 6.07) is 7.64. The van der Waals surface area contributed by atoms with Gasteiger partial charge in [0.1, 0.15) is 9.96 Å². The number of aliphatic hydroxyl groups excluding tert-OH is 1. The van der Waals surface area contributed by atoms with E-state index in [1.54, 1.807) is 54.6 Å². The van der Waals surface area contributed by atoms with Crippen molar-refractivity contribution in [3.63, 3.8) is 0 Å². The molecule has 1 aliphatic carbocycles. The van der Waals surface area contributed by atoms with Crippen LogP contribution in [0.25, 0.3) is 0 Å². The number of ether oxygens (including phenoxy) is 2. The number of urea groups is 1. The van der Waals surface area contributed by atoms with Gasteiger partial charge in [0.2, 0.25) is 0 Å². The van der Waals surface area contributed by atoms with E-state index in [4.69, 9.17) is 9.47 Å². The molecule has 3 amide bonds. The molecule has 0 unspecified atom stereocenters. The summed E-state index contributed by atoms with van der Waals surface area (Å²) in [6.07, 6.45) is 6.90. The zero-order valence-corrected chi connectivity index (χ0v) is 29.1. The van der Waals surface area contributed by atoms with Crippen molar-refractivity contribution in [3.05, 3.63) is 41.3 Å². The lowest BCUT2D eigenvalue weighted by molar-refractivity contribution is -0.00832. The number of likely N-dealkylation sites (N-methyl/N-ethyl adjacent to an activating group) is 1. The van der Waals surface area contributed by atoms with Crippen LogP contribution in [0.15, 0.2) is 39.9 Å². The molecular weight excluding hydrogens is 629 g/mol. The van der Waals surface area contributed by atoms with Crippen LogP contribution in [0, 0.1) is 5.92 Å². The second-order valence-corrected chi connectivity index (χ2v) is 15.9. The van der Waals surface area contributed by atoms with Crippen molar-refractivity contribution in [2.75, 3.05) is 38.7 Å². The van der Waals surface area contributed by atoms with Gasteiger partial charge in [-0.1, -0.05) is 32.3 Å². The van der Waals surface area contributed by atoms with Crippen LogP contribution in [0.3, 0.4) is 0 Å². The van der Waals surface area contributed by atoms with Crippen LogP contribution >= 0.6 is 11.3 Å². The van der Waals surface area contributed by atoms with Crippen molar-refractivity contribution in [1.29, 1.82) is 0 Å². The highest BCUT2D eigenvalue weighted by atomic mass is 32.2. The number of carbonyl (C=O) groups is 2. The van der Waals surface area contributed by atoms with Crippen molar-refractivity contribution >= 4 is 39.0 Å². The van der Waals surface area contributed by atoms with Crippen molar-refractivity contribution < 1.29 is 32.6 Å². The molecule has 2 aliphatic rings. The number of amides is 3. The van der Waals surface area contributed by atoms with Crippen LogP contribution in [-0.4, -0.2) is 92.3 Å². The molecule has 1 aromatic heterocycles. The molecule has 0 spiro atoms. The van der Waals surface area contributed by atoms with Crippen molar-refractivity contribution in [3.8, 4) is 5.75 Å². The molecule has 2 aromatic rings. The number of rotatable bonds is 8. The van der Waals surface area contributed by atoms with E-state index in [1.807, 2.05) is 13.8 Å². The topological polar surface area (TPSA) is 138 Å². The quantitative estimate of drug-likeness (QED) is 0.344. The number of fused-ring (bicyclic) bond motifs is 1. The van der Waals surface area contributed by atoms with Gasteiger partial charge in [0.25, 0.3) is 15.9 Å². The second kappa shape index (κ2) is 16.9. The van der Waals surface area contributed by atoms with Crippen LogP contribution in [0.1, 0.15) is 82.5 Å². The van der Waals surface area contributed by atoms with E-state index >= 15 is 0 Å². The Bertz CT molecular complexity index is 1380. The summed E-state index contributed by atoms with van der Waals surface area (Å²) in [4.78, 5) is 28.8. The SMILES string of the molecule is C[C@H](CO)N1C[C@H](C)[C@H](CN(C)S(=O)(=O)c2cccs2)OCCCC[C@H](C)Oc2ccc(NC(=O)NC3CCCCC3)cc2C1=O. The number of anilines is 1. The molecule has 1 aromatic carbocycles. The molecule has 0 radical (unpaired) electrons. The van der Waals surface area contributed by atoms with Gasteiger partial charge in [0, 0.05) is 44.4 Å². The third kappa shape index (κ3) is 9.66.